The van der Waals surface area contributed by atoms with E-state index in [4.69, 9.17) is 13.9 Å². The largest absolute Gasteiger partial charge is 0.507 e. The molecule has 0 atom stereocenters. The van der Waals surface area contributed by atoms with Gasteiger partial charge in [0.2, 0.25) is 5.43 Å². The van der Waals surface area contributed by atoms with Crippen LogP contribution in [-0.4, -0.2) is 38.5 Å². The predicted octanol–water partition coefficient (Wildman–Crippen LogP) is 2.50. The van der Waals surface area contributed by atoms with Crippen molar-refractivity contribution in [2.45, 2.75) is 0 Å². The summed E-state index contributed by atoms with van der Waals surface area (Å²) in [5.74, 6) is 0.541. The molecule has 1 N–H and O–H groups in total. The van der Waals surface area contributed by atoms with E-state index in [1.54, 1.807) is 37.4 Å². The summed E-state index contributed by atoms with van der Waals surface area (Å²) in [5.41, 5.74) is 1.36. The summed E-state index contributed by atoms with van der Waals surface area (Å²) in [6.45, 7) is 2.74. The van der Waals surface area contributed by atoms with E-state index in [1.807, 2.05) is 0 Å². The van der Waals surface area contributed by atoms with Crippen molar-refractivity contribution in [3.8, 4) is 11.5 Å². The summed E-state index contributed by atoms with van der Waals surface area (Å²) >= 11 is 0. The molecule has 1 aliphatic rings. The van der Waals surface area contributed by atoms with E-state index < -0.39 is 0 Å². The number of phenolic OH excluding ortho intramolecular Hbond substituents is 1. The Labute approximate surface area is 137 Å². The van der Waals surface area contributed by atoms with E-state index in [0.717, 1.165) is 18.8 Å². The number of aromatic hydroxyl groups is 1. The monoisotopic (exact) mass is 327 g/mol. The van der Waals surface area contributed by atoms with Gasteiger partial charge in [0.1, 0.15) is 28.1 Å². The molecule has 0 aliphatic carbocycles. The van der Waals surface area contributed by atoms with Crippen LogP contribution >= 0.6 is 0 Å². The Morgan fingerprint density at radius 2 is 1.92 bits per heavy atom. The average molecular weight is 327 g/mol. The molecule has 124 valence electrons. The third kappa shape index (κ3) is 2.35. The highest BCUT2D eigenvalue weighted by molar-refractivity contribution is 5.95. The third-order valence-electron chi connectivity index (χ3n) is 4.32. The van der Waals surface area contributed by atoms with Gasteiger partial charge >= 0.3 is 0 Å². The molecule has 0 unspecified atom stereocenters. The van der Waals surface area contributed by atoms with Crippen LogP contribution in [0.25, 0.3) is 21.9 Å². The first-order valence-corrected chi connectivity index (χ1v) is 7.77. The maximum Gasteiger partial charge on any atom is 0.204 e. The first kappa shape index (κ1) is 14.8. The number of benzene rings is 2. The van der Waals surface area contributed by atoms with Crippen LogP contribution in [0, 0.1) is 0 Å². The van der Waals surface area contributed by atoms with Gasteiger partial charge in [-0.15, -0.1) is 0 Å². The number of ether oxygens (including phenoxy) is 2. The number of nitrogens with zero attached hydrogens (tertiary/aromatic N) is 1. The van der Waals surface area contributed by atoms with Gasteiger partial charge in [0.15, 0.2) is 0 Å². The highest BCUT2D eigenvalue weighted by Gasteiger charge is 2.17. The van der Waals surface area contributed by atoms with Crippen molar-refractivity contribution in [3.63, 3.8) is 0 Å². The average Bonchev–Trinajstić information content (AvgIpc) is 2.61. The summed E-state index contributed by atoms with van der Waals surface area (Å²) < 4.78 is 16.4. The van der Waals surface area contributed by atoms with Crippen LogP contribution in [0.15, 0.2) is 39.5 Å². The van der Waals surface area contributed by atoms with E-state index in [2.05, 4.69) is 4.90 Å². The van der Waals surface area contributed by atoms with Gasteiger partial charge < -0.3 is 23.9 Å². The molecule has 4 rings (SSSR count). The molecule has 0 bridgehead atoms. The van der Waals surface area contributed by atoms with Crippen LogP contribution in [0.2, 0.25) is 0 Å². The maximum atomic E-state index is 12.7. The molecule has 6 nitrogen and oxygen atoms in total. The summed E-state index contributed by atoms with van der Waals surface area (Å²) in [6.07, 6.45) is 0. The second kappa shape index (κ2) is 5.72. The lowest BCUT2D eigenvalue weighted by Gasteiger charge is -2.29. The molecular formula is C18H17NO5. The van der Waals surface area contributed by atoms with Crippen molar-refractivity contribution in [2.24, 2.45) is 0 Å². The lowest BCUT2D eigenvalue weighted by atomic mass is 10.1. The summed E-state index contributed by atoms with van der Waals surface area (Å²) in [4.78, 5) is 14.8. The van der Waals surface area contributed by atoms with Crippen molar-refractivity contribution in [1.29, 1.82) is 0 Å². The third-order valence-corrected chi connectivity index (χ3v) is 4.32. The van der Waals surface area contributed by atoms with Gasteiger partial charge in [0.05, 0.1) is 25.7 Å². The zero-order chi connectivity index (χ0) is 16.7. The lowest BCUT2D eigenvalue weighted by molar-refractivity contribution is 0.122. The number of fused-ring (bicyclic) bond motifs is 2. The van der Waals surface area contributed by atoms with Crippen LogP contribution in [0.1, 0.15) is 0 Å². The van der Waals surface area contributed by atoms with Crippen LogP contribution in [0.4, 0.5) is 5.69 Å². The van der Waals surface area contributed by atoms with E-state index in [9.17, 15) is 9.90 Å². The summed E-state index contributed by atoms with van der Waals surface area (Å²) in [5, 5.41) is 11.0. The van der Waals surface area contributed by atoms with Crippen LogP contribution < -0.4 is 15.1 Å². The minimum Gasteiger partial charge on any atom is -0.507 e. The molecule has 2 aromatic carbocycles. The van der Waals surface area contributed by atoms with Crippen LogP contribution in [0.5, 0.6) is 11.5 Å². The zero-order valence-electron chi connectivity index (χ0n) is 13.2. The number of methoxy groups -OCH3 is 1. The number of phenols is 1. The molecule has 0 saturated carbocycles. The fourth-order valence-corrected chi connectivity index (χ4v) is 3.05. The van der Waals surface area contributed by atoms with Gasteiger partial charge in [-0.2, -0.15) is 0 Å². The first-order valence-electron chi connectivity index (χ1n) is 7.77. The normalized spacial score (nSPS) is 15.1. The number of morpholine rings is 1. The van der Waals surface area contributed by atoms with Gasteiger partial charge in [-0.1, -0.05) is 0 Å². The Kier molecular flexibility index (Phi) is 3.54. The van der Waals surface area contributed by atoms with Gasteiger partial charge in [-0.3, -0.25) is 4.79 Å². The molecule has 1 aliphatic heterocycles. The van der Waals surface area contributed by atoms with Crippen molar-refractivity contribution in [1.82, 2.24) is 0 Å². The highest BCUT2D eigenvalue weighted by Crippen LogP contribution is 2.32. The van der Waals surface area contributed by atoms with E-state index in [0.29, 0.717) is 35.5 Å². The number of rotatable bonds is 2. The molecule has 1 saturated heterocycles. The zero-order valence-corrected chi connectivity index (χ0v) is 13.2. The summed E-state index contributed by atoms with van der Waals surface area (Å²) in [6, 6.07) is 8.42. The van der Waals surface area contributed by atoms with Crippen molar-refractivity contribution in [3.05, 3.63) is 40.6 Å². The second-order valence-electron chi connectivity index (χ2n) is 5.73. The van der Waals surface area contributed by atoms with Crippen LogP contribution in [0.3, 0.4) is 0 Å². The van der Waals surface area contributed by atoms with E-state index in [1.165, 1.54) is 0 Å². The van der Waals surface area contributed by atoms with E-state index in [-0.39, 0.29) is 16.6 Å². The molecule has 3 aromatic rings. The first-order chi connectivity index (χ1) is 11.7. The fraction of sp³-hybridized carbons (Fsp3) is 0.278. The summed E-state index contributed by atoms with van der Waals surface area (Å²) in [7, 11) is 1.56. The second-order valence-corrected chi connectivity index (χ2v) is 5.73. The quantitative estimate of drug-likeness (QED) is 0.729. The number of anilines is 1. The van der Waals surface area contributed by atoms with Crippen molar-refractivity contribution >= 4 is 27.6 Å². The predicted molar refractivity (Wildman–Crippen MR) is 91.2 cm³/mol. The minimum atomic E-state index is -0.250. The molecule has 24 heavy (non-hydrogen) atoms. The lowest BCUT2D eigenvalue weighted by Crippen LogP contribution is -2.36. The van der Waals surface area contributed by atoms with Crippen molar-refractivity contribution in [2.75, 3.05) is 38.3 Å². The Morgan fingerprint density at radius 1 is 1.12 bits per heavy atom. The number of hydrogen-bond acceptors (Lipinski definition) is 6. The molecule has 0 radical (unpaired) electrons. The smallest absolute Gasteiger partial charge is 0.204 e. The molecule has 2 heterocycles. The Morgan fingerprint density at radius 3 is 2.67 bits per heavy atom. The standard InChI is InChI=1S/C18H17NO5/c1-22-12-2-3-13-15(10-12)24-16-9-11(19-4-6-23-7-5-19)8-14(20)17(16)18(13)21/h2-3,8-10,20H,4-7H2,1H3. The topological polar surface area (TPSA) is 72.1 Å². The van der Waals surface area contributed by atoms with Gasteiger partial charge in [-0.05, 0) is 12.1 Å². The molecule has 6 heteroatoms. The van der Waals surface area contributed by atoms with Crippen LogP contribution in [-0.2, 0) is 4.74 Å². The number of hydrogen-bond donors (Lipinski definition) is 1. The minimum absolute atomic E-state index is 0.0690. The van der Waals surface area contributed by atoms with Gasteiger partial charge in [0, 0.05) is 37.0 Å². The highest BCUT2D eigenvalue weighted by atomic mass is 16.5. The Balaban J connectivity index is 1.95. The van der Waals surface area contributed by atoms with Crippen molar-refractivity contribution < 1.29 is 19.0 Å². The van der Waals surface area contributed by atoms with E-state index >= 15 is 0 Å². The fourth-order valence-electron chi connectivity index (χ4n) is 3.05. The van der Waals surface area contributed by atoms with Gasteiger partial charge in [0.25, 0.3) is 0 Å². The molecule has 1 fully saturated rings. The SMILES string of the molecule is COc1ccc2c(=O)c3c(O)cc(N4CCOCC4)cc3oc2c1. The Bertz CT molecular complexity index is 972. The Hall–Kier alpha value is -2.73. The molecular weight excluding hydrogens is 310 g/mol. The molecule has 1 aromatic heterocycles. The van der Waals surface area contributed by atoms with Gasteiger partial charge in [-0.25, -0.2) is 0 Å². The molecule has 0 amide bonds. The maximum absolute atomic E-state index is 12.7. The molecule has 0 spiro atoms.